The van der Waals surface area contributed by atoms with Crippen molar-refractivity contribution < 1.29 is 4.39 Å². The molecule has 1 unspecified atom stereocenters. The molecule has 0 amide bonds. The summed E-state index contributed by atoms with van der Waals surface area (Å²) in [6.07, 6.45) is 0. The van der Waals surface area contributed by atoms with Crippen LogP contribution in [-0.2, 0) is 0 Å². The minimum Gasteiger partial charge on any atom is -0.320 e. The molecule has 2 aromatic carbocycles. The van der Waals surface area contributed by atoms with Crippen molar-refractivity contribution in [3.05, 3.63) is 71.0 Å². The van der Waals surface area contributed by atoms with Gasteiger partial charge in [-0.2, -0.15) is 0 Å². The Hall–Kier alpha value is -1.67. The van der Waals surface area contributed by atoms with E-state index in [-0.39, 0.29) is 11.9 Å². The summed E-state index contributed by atoms with van der Waals surface area (Å²) in [6, 6.07) is 14.6. The lowest BCUT2D eigenvalue weighted by atomic mass is 9.99. The highest BCUT2D eigenvalue weighted by molar-refractivity contribution is 5.33. The summed E-state index contributed by atoms with van der Waals surface area (Å²) in [7, 11) is 0. The van der Waals surface area contributed by atoms with Crippen LogP contribution < -0.4 is 5.73 Å². The second-order valence-electron chi connectivity index (χ2n) is 3.90. The standard InChI is InChI=1S/C14H14FN/c1-10-7-8-12(9-13(10)15)14(16)11-5-3-2-4-6-11/h2-9,14H,16H2,1H3. The predicted octanol–water partition coefficient (Wildman–Crippen LogP) is 3.18. The maximum absolute atomic E-state index is 13.4. The highest BCUT2D eigenvalue weighted by atomic mass is 19.1. The summed E-state index contributed by atoms with van der Waals surface area (Å²) < 4.78 is 13.4. The molecule has 0 aliphatic rings. The fraction of sp³-hybridized carbons (Fsp3) is 0.143. The second-order valence-corrected chi connectivity index (χ2v) is 3.90. The molecule has 16 heavy (non-hydrogen) atoms. The summed E-state index contributed by atoms with van der Waals surface area (Å²) in [4.78, 5) is 0. The van der Waals surface area contributed by atoms with Crippen LogP contribution in [0, 0.1) is 12.7 Å². The molecule has 0 heterocycles. The van der Waals surface area contributed by atoms with Crippen LogP contribution in [0.5, 0.6) is 0 Å². The molecule has 1 atom stereocenters. The van der Waals surface area contributed by atoms with E-state index in [0.717, 1.165) is 11.1 Å². The fourth-order valence-corrected chi connectivity index (χ4v) is 1.66. The third-order valence-corrected chi connectivity index (χ3v) is 2.71. The van der Waals surface area contributed by atoms with E-state index < -0.39 is 0 Å². The van der Waals surface area contributed by atoms with Crippen molar-refractivity contribution in [1.29, 1.82) is 0 Å². The summed E-state index contributed by atoms with van der Waals surface area (Å²) in [6.45, 7) is 1.74. The summed E-state index contributed by atoms with van der Waals surface area (Å²) in [5.41, 5.74) is 8.50. The predicted molar refractivity (Wildman–Crippen MR) is 63.6 cm³/mol. The monoisotopic (exact) mass is 215 g/mol. The average molecular weight is 215 g/mol. The molecule has 2 rings (SSSR count). The summed E-state index contributed by atoms with van der Waals surface area (Å²) in [5.74, 6) is -0.205. The number of hydrogen-bond acceptors (Lipinski definition) is 1. The topological polar surface area (TPSA) is 26.0 Å². The zero-order valence-corrected chi connectivity index (χ0v) is 9.15. The molecule has 0 bridgehead atoms. The lowest BCUT2D eigenvalue weighted by Gasteiger charge is -2.13. The highest BCUT2D eigenvalue weighted by Crippen LogP contribution is 2.21. The first-order valence-corrected chi connectivity index (χ1v) is 5.25. The third-order valence-electron chi connectivity index (χ3n) is 2.71. The van der Waals surface area contributed by atoms with Crippen LogP contribution in [-0.4, -0.2) is 0 Å². The molecule has 0 radical (unpaired) electrons. The maximum atomic E-state index is 13.4. The first-order chi connectivity index (χ1) is 7.68. The molecule has 2 heteroatoms. The largest absolute Gasteiger partial charge is 0.320 e. The van der Waals surface area contributed by atoms with Gasteiger partial charge in [-0.05, 0) is 29.7 Å². The molecule has 1 nitrogen and oxygen atoms in total. The Balaban J connectivity index is 2.34. The van der Waals surface area contributed by atoms with E-state index in [4.69, 9.17) is 5.73 Å². The molecular formula is C14H14FN. The number of nitrogens with two attached hydrogens (primary N) is 1. The van der Waals surface area contributed by atoms with Crippen LogP contribution in [0.3, 0.4) is 0 Å². The summed E-state index contributed by atoms with van der Waals surface area (Å²) in [5, 5.41) is 0. The molecule has 2 aromatic rings. The van der Waals surface area contributed by atoms with Crippen molar-refractivity contribution in [2.24, 2.45) is 5.73 Å². The minimum atomic E-state index is -0.267. The van der Waals surface area contributed by atoms with Crippen LogP contribution in [0.15, 0.2) is 48.5 Å². The quantitative estimate of drug-likeness (QED) is 0.818. The van der Waals surface area contributed by atoms with E-state index in [1.165, 1.54) is 6.07 Å². The van der Waals surface area contributed by atoms with Crippen LogP contribution in [0.2, 0.25) is 0 Å². The highest BCUT2D eigenvalue weighted by Gasteiger charge is 2.09. The molecular weight excluding hydrogens is 201 g/mol. The Morgan fingerprint density at radius 1 is 1.00 bits per heavy atom. The van der Waals surface area contributed by atoms with E-state index in [2.05, 4.69) is 0 Å². The van der Waals surface area contributed by atoms with E-state index in [1.54, 1.807) is 13.0 Å². The van der Waals surface area contributed by atoms with Gasteiger partial charge in [0.25, 0.3) is 0 Å². The van der Waals surface area contributed by atoms with E-state index >= 15 is 0 Å². The van der Waals surface area contributed by atoms with Crippen LogP contribution in [0.1, 0.15) is 22.7 Å². The third kappa shape index (κ3) is 2.12. The Kier molecular flexibility index (Phi) is 3.02. The Morgan fingerprint density at radius 3 is 2.31 bits per heavy atom. The molecule has 0 aliphatic heterocycles. The van der Waals surface area contributed by atoms with Gasteiger partial charge < -0.3 is 5.73 Å². The fourth-order valence-electron chi connectivity index (χ4n) is 1.66. The Bertz CT molecular complexity index is 479. The summed E-state index contributed by atoms with van der Waals surface area (Å²) >= 11 is 0. The Labute approximate surface area is 94.7 Å². The van der Waals surface area contributed by atoms with Gasteiger partial charge in [-0.1, -0.05) is 42.5 Å². The van der Waals surface area contributed by atoms with Gasteiger partial charge in [0, 0.05) is 0 Å². The van der Waals surface area contributed by atoms with E-state index in [0.29, 0.717) is 5.56 Å². The molecule has 0 spiro atoms. The van der Waals surface area contributed by atoms with Gasteiger partial charge in [0.1, 0.15) is 5.82 Å². The zero-order chi connectivity index (χ0) is 11.5. The lowest BCUT2D eigenvalue weighted by molar-refractivity contribution is 0.614. The number of hydrogen-bond donors (Lipinski definition) is 1. The van der Waals surface area contributed by atoms with Crippen LogP contribution >= 0.6 is 0 Å². The lowest BCUT2D eigenvalue weighted by Crippen LogP contribution is -2.12. The van der Waals surface area contributed by atoms with Crippen LogP contribution in [0.4, 0.5) is 4.39 Å². The Morgan fingerprint density at radius 2 is 1.69 bits per heavy atom. The molecule has 0 aliphatic carbocycles. The van der Waals surface area contributed by atoms with Crippen molar-refractivity contribution in [2.45, 2.75) is 13.0 Å². The molecule has 2 N–H and O–H groups in total. The van der Waals surface area contributed by atoms with Crippen molar-refractivity contribution in [3.8, 4) is 0 Å². The van der Waals surface area contributed by atoms with Gasteiger partial charge in [-0.15, -0.1) is 0 Å². The molecule has 0 aromatic heterocycles. The smallest absolute Gasteiger partial charge is 0.126 e. The molecule has 0 saturated heterocycles. The van der Waals surface area contributed by atoms with Crippen LogP contribution in [0.25, 0.3) is 0 Å². The van der Waals surface area contributed by atoms with Crippen molar-refractivity contribution in [3.63, 3.8) is 0 Å². The van der Waals surface area contributed by atoms with Gasteiger partial charge in [0.05, 0.1) is 6.04 Å². The van der Waals surface area contributed by atoms with E-state index in [1.807, 2.05) is 36.4 Å². The van der Waals surface area contributed by atoms with Crippen molar-refractivity contribution in [2.75, 3.05) is 0 Å². The second kappa shape index (κ2) is 4.45. The SMILES string of the molecule is Cc1ccc(C(N)c2ccccc2)cc1F. The van der Waals surface area contributed by atoms with Gasteiger partial charge >= 0.3 is 0 Å². The first-order valence-electron chi connectivity index (χ1n) is 5.25. The van der Waals surface area contributed by atoms with Crippen molar-refractivity contribution in [1.82, 2.24) is 0 Å². The van der Waals surface area contributed by atoms with Gasteiger partial charge in [0.2, 0.25) is 0 Å². The van der Waals surface area contributed by atoms with Crippen molar-refractivity contribution >= 4 is 0 Å². The first kappa shape index (κ1) is 10.8. The van der Waals surface area contributed by atoms with Gasteiger partial charge in [0.15, 0.2) is 0 Å². The number of aryl methyl sites for hydroxylation is 1. The number of halogens is 1. The molecule has 82 valence electrons. The molecule has 0 fully saturated rings. The molecule has 0 saturated carbocycles. The zero-order valence-electron chi connectivity index (χ0n) is 9.15. The number of benzene rings is 2. The minimum absolute atomic E-state index is 0.205. The van der Waals surface area contributed by atoms with E-state index in [9.17, 15) is 4.39 Å². The average Bonchev–Trinajstić information content (AvgIpc) is 2.33. The van der Waals surface area contributed by atoms with Gasteiger partial charge in [-0.3, -0.25) is 0 Å². The van der Waals surface area contributed by atoms with Gasteiger partial charge in [-0.25, -0.2) is 4.39 Å². The maximum Gasteiger partial charge on any atom is 0.126 e. The normalized spacial score (nSPS) is 12.4. The number of rotatable bonds is 2.